The SMILES string of the molecule is O=C1CCCC1SC1CCCCCC1. The monoisotopic (exact) mass is 212 g/mol. The largest absolute Gasteiger partial charge is 0.298 e. The molecule has 0 amide bonds. The highest BCUT2D eigenvalue weighted by Crippen LogP contribution is 2.35. The number of Topliss-reactive ketones (excluding diaryl/α,β-unsaturated/α-hetero) is 1. The lowest BCUT2D eigenvalue weighted by atomic mass is 10.2. The van der Waals surface area contributed by atoms with Crippen LogP contribution in [-0.2, 0) is 4.79 Å². The number of hydrogen-bond acceptors (Lipinski definition) is 2. The molecule has 1 atom stereocenters. The number of rotatable bonds is 2. The van der Waals surface area contributed by atoms with Crippen LogP contribution in [0.5, 0.6) is 0 Å². The third-order valence-corrected chi connectivity index (χ3v) is 5.09. The first-order valence-electron chi connectivity index (χ1n) is 6.04. The predicted molar refractivity (Wildman–Crippen MR) is 61.7 cm³/mol. The van der Waals surface area contributed by atoms with E-state index in [0.717, 1.165) is 24.5 Å². The molecular formula is C12H20OS. The molecule has 0 spiro atoms. The van der Waals surface area contributed by atoms with Crippen LogP contribution in [0.3, 0.4) is 0 Å². The molecule has 0 N–H and O–H groups in total. The van der Waals surface area contributed by atoms with Crippen molar-refractivity contribution in [1.29, 1.82) is 0 Å². The average Bonchev–Trinajstić information content (AvgIpc) is 2.44. The van der Waals surface area contributed by atoms with Gasteiger partial charge in [-0.25, -0.2) is 0 Å². The second-order valence-electron chi connectivity index (χ2n) is 4.60. The summed E-state index contributed by atoms with van der Waals surface area (Å²) in [6.45, 7) is 0. The summed E-state index contributed by atoms with van der Waals surface area (Å²) in [5, 5.41) is 1.17. The lowest BCUT2D eigenvalue weighted by molar-refractivity contribution is -0.116. The zero-order chi connectivity index (χ0) is 9.80. The summed E-state index contributed by atoms with van der Waals surface area (Å²) in [5.74, 6) is 0.527. The average molecular weight is 212 g/mol. The van der Waals surface area contributed by atoms with E-state index < -0.39 is 0 Å². The Hall–Kier alpha value is 0.0200. The van der Waals surface area contributed by atoms with Gasteiger partial charge in [0.15, 0.2) is 0 Å². The van der Waals surface area contributed by atoms with Gasteiger partial charge in [0.25, 0.3) is 0 Å². The first kappa shape index (κ1) is 10.5. The lowest BCUT2D eigenvalue weighted by Crippen LogP contribution is -2.14. The van der Waals surface area contributed by atoms with Crippen LogP contribution in [-0.4, -0.2) is 16.3 Å². The molecule has 0 saturated heterocycles. The summed E-state index contributed by atoms with van der Waals surface area (Å²) >= 11 is 2.00. The summed E-state index contributed by atoms with van der Waals surface area (Å²) in [6, 6.07) is 0. The molecule has 2 aliphatic rings. The van der Waals surface area contributed by atoms with E-state index in [4.69, 9.17) is 0 Å². The van der Waals surface area contributed by atoms with Crippen LogP contribution in [0.25, 0.3) is 0 Å². The number of thioether (sulfide) groups is 1. The predicted octanol–water partition coefficient (Wildman–Crippen LogP) is 3.56. The smallest absolute Gasteiger partial charge is 0.145 e. The van der Waals surface area contributed by atoms with Gasteiger partial charge in [-0.2, -0.15) is 0 Å². The van der Waals surface area contributed by atoms with Crippen LogP contribution in [0.1, 0.15) is 57.8 Å². The van der Waals surface area contributed by atoms with Crippen LogP contribution in [0.2, 0.25) is 0 Å². The molecule has 0 aromatic rings. The first-order chi connectivity index (χ1) is 6.86. The van der Waals surface area contributed by atoms with Gasteiger partial charge in [-0.15, -0.1) is 11.8 Å². The van der Waals surface area contributed by atoms with Gasteiger partial charge in [0, 0.05) is 11.7 Å². The molecule has 0 radical (unpaired) electrons. The van der Waals surface area contributed by atoms with E-state index >= 15 is 0 Å². The molecule has 2 aliphatic carbocycles. The Balaban J connectivity index is 1.80. The molecule has 2 heteroatoms. The highest BCUT2D eigenvalue weighted by Gasteiger charge is 2.27. The minimum absolute atomic E-state index is 0.373. The Morgan fingerprint density at radius 3 is 2.21 bits per heavy atom. The summed E-state index contributed by atoms with van der Waals surface area (Å²) in [6.07, 6.45) is 11.5. The lowest BCUT2D eigenvalue weighted by Gasteiger charge is -2.17. The van der Waals surface area contributed by atoms with E-state index in [1.54, 1.807) is 0 Å². The molecule has 2 fully saturated rings. The summed E-state index contributed by atoms with van der Waals surface area (Å²) in [7, 11) is 0. The minimum Gasteiger partial charge on any atom is -0.298 e. The van der Waals surface area contributed by atoms with Crippen molar-refractivity contribution in [1.82, 2.24) is 0 Å². The second kappa shape index (κ2) is 5.20. The Morgan fingerprint density at radius 2 is 1.64 bits per heavy atom. The molecule has 0 aliphatic heterocycles. The Bertz CT molecular complexity index is 194. The molecule has 1 nitrogen and oxygen atoms in total. The molecule has 0 aromatic carbocycles. The summed E-state index contributed by atoms with van der Waals surface area (Å²) < 4.78 is 0. The van der Waals surface area contributed by atoms with E-state index in [1.807, 2.05) is 11.8 Å². The normalized spacial score (nSPS) is 30.6. The van der Waals surface area contributed by atoms with Gasteiger partial charge in [-0.05, 0) is 25.7 Å². The topological polar surface area (TPSA) is 17.1 Å². The third kappa shape index (κ3) is 2.75. The molecule has 0 heterocycles. The van der Waals surface area contributed by atoms with Gasteiger partial charge in [0.2, 0.25) is 0 Å². The standard InChI is InChI=1S/C12H20OS/c13-11-8-5-9-12(11)14-10-6-3-1-2-4-7-10/h10,12H,1-9H2. The fourth-order valence-electron chi connectivity index (χ4n) is 2.54. The second-order valence-corrected chi connectivity index (χ2v) is 6.10. The maximum atomic E-state index is 11.5. The maximum absolute atomic E-state index is 11.5. The Kier molecular flexibility index (Phi) is 3.91. The number of hydrogen-bond donors (Lipinski definition) is 0. The van der Waals surface area contributed by atoms with Crippen LogP contribution < -0.4 is 0 Å². The molecular weight excluding hydrogens is 192 g/mol. The fourth-order valence-corrected chi connectivity index (χ4v) is 4.18. The molecule has 14 heavy (non-hydrogen) atoms. The van der Waals surface area contributed by atoms with Gasteiger partial charge in [0.1, 0.15) is 5.78 Å². The fraction of sp³-hybridized carbons (Fsp3) is 0.917. The number of carbonyl (C=O) groups excluding carboxylic acids is 1. The van der Waals surface area contributed by atoms with Crippen LogP contribution in [0, 0.1) is 0 Å². The van der Waals surface area contributed by atoms with E-state index in [-0.39, 0.29) is 0 Å². The molecule has 0 aromatic heterocycles. The van der Waals surface area contributed by atoms with Gasteiger partial charge < -0.3 is 0 Å². The van der Waals surface area contributed by atoms with Crippen molar-refractivity contribution >= 4 is 17.5 Å². The van der Waals surface area contributed by atoms with Crippen molar-refractivity contribution in [2.75, 3.05) is 0 Å². The highest BCUT2D eigenvalue weighted by molar-refractivity contribution is 8.01. The number of carbonyl (C=O) groups is 1. The number of ketones is 1. The van der Waals surface area contributed by atoms with Crippen LogP contribution in [0.15, 0.2) is 0 Å². The van der Waals surface area contributed by atoms with Gasteiger partial charge >= 0.3 is 0 Å². The van der Waals surface area contributed by atoms with E-state index in [2.05, 4.69) is 0 Å². The van der Waals surface area contributed by atoms with Crippen molar-refractivity contribution in [3.63, 3.8) is 0 Å². The quantitative estimate of drug-likeness (QED) is 0.651. The van der Waals surface area contributed by atoms with Gasteiger partial charge in [-0.3, -0.25) is 4.79 Å². The van der Waals surface area contributed by atoms with E-state index in [1.165, 1.54) is 38.5 Å². The van der Waals surface area contributed by atoms with Crippen molar-refractivity contribution in [3.8, 4) is 0 Å². The highest BCUT2D eigenvalue weighted by atomic mass is 32.2. The van der Waals surface area contributed by atoms with Crippen molar-refractivity contribution < 1.29 is 4.79 Å². The zero-order valence-corrected chi connectivity index (χ0v) is 9.65. The minimum atomic E-state index is 0.373. The van der Waals surface area contributed by atoms with Crippen molar-refractivity contribution in [2.24, 2.45) is 0 Å². The molecule has 2 saturated carbocycles. The van der Waals surface area contributed by atoms with Crippen LogP contribution >= 0.6 is 11.8 Å². The first-order valence-corrected chi connectivity index (χ1v) is 6.99. The zero-order valence-electron chi connectivity index (χ0n) is 8.84. The van der Waals surface area contributed by atoms with Crippen LogP contribution in [0.4, 0.5) is 0 Å². The van der Waals surface area contributed by atoms with E-state index in [9.17, 15) is 4.79 Å². The Morgan fingerprint density at radius 1 is 0.929 bits per heavy atom. The summed E-state index contributed by atoms with van der Waals surface area (Å²) in [4.78, 5) is 11.5. The molecule has 1 unspecified atom stereocenters. The molecule has 2 rings (SSSR count). The maximum Gasteiger partial charge on any atom is 0.145 e. The third-order valence-electron chi connectivity index (χ3n) is 3.41. The van der Waals surface area contributed by atoms with Crippen molar-refractivity contribution in [2.45, 2.75) is 68.3 Å². The van der Waals surface area contributed by atoms with Crippen molar-refractivity contribution in [3.05, 3.63) is 0 Å². The summed E-state index contributed by atoms with van der Waals surface area (Å²) in [5.41, 5.74) is 0. The van der Waals surface area contributed by atoms with E-state index in [0.29, 0.717) is 11.0 Å². The van der Waals surface area contributed by atoms with Gasteiger partial charge in [-0.1, -0.05) is 25.7 Å². The molecule has 0 bridgehead atoms. The Labute approximate surface area is 91.0 Å². The van der Waals surface area contributed by atoms with Gasteiger partial charge in [0.05, 0.1) is 5.25 Å². The molecule has 80 valence electrons.